The van der Waals surface area contributed by atoms with E-state index in [0.29, 0.717) is 13.2 Å². The third-order valence-corrected chi connectivity index (χ3v) is 3.50. The van der Waals surface area contributed by atoms with Gasteiger partial charge in [-0.25, -0.2) is 4.79 Å². The van der Waals surface area contributed by atoms with Gasteiger partial charge in [0.2, 0.25) is 0 Å². The van der Waals surface area contributed by atoms with Crippen molar-refractivity contribution in [3.05, 3.63) is 35.4 Å². The van der Waals surface area contributed by atoms with Gasteiger partial charge >= 0.3 is 5.97 Å². The van der Waals surface area contributed by atoms with Gasteiger partial charge in [-0.15, -0.1) is 0 Å². The lowest BCUT2D eigenvalue weighted by Gasteiger charge is -2.24. The number of hydrogen-bond donors (Lipinski definition) is 1. The molecule has 4 heteroatoms. The molecule has 1 aliphatic heterocycles. The van der Waals surface area contributed by atoms with E-state index in [4.69, 9.17) is 9.84 Å². The highest BCUT2D eigenvalue weighted by molar-refractivity contribution is 5.72. The van der Waals surface area contributed by atoms with E-state index in [9.17, 15) is 4.79 Å². The van der Waals surface area contributed by atoms with Gasteiger partial charge in [-0.1, -0.05) is 24.3 Å². The number of hydrogen-bond acceptors (Lipinski definition) is 3. The summed E-state index contributed by atoms with van der Waals surface area (Å²) in [6.45, 7) is 4.45. The maximum absolute atomic E-state index is 11.1. The summed E-state index contributed by atoms with van der Waals surface area (Å²) < 4.78 is 5.29. The number of fused-ring (bicyclic) bond motifs is 1. The zero-order valence-electron chi connectivity index (χ0n) is 11.3. The Morgan fingerprint density at radius 1 is 1.42 bits per heavy atom. The Morgan fingerprint density at radius 2 is 2.16 bits per heavy atom. The third-order valence-electron chi connectivity index (χ3n) is 3.50. The largest absolute Gasteiger partial charge is 0.479 e. The Labute approximate surface area is 114 Å². The molecule has 0 bridgehead atoms. The highest BCUT2D eigenvalue weighted by Crippen LogP contribution is 2.18. The van der Waals surface area contributed by atoms with Gasteiger partial charge in [0.1, 0.15) is 0 Å². The van der Waals surface area contributed by atoms with Crippen molar-refractivity contribution in [2.75, 3.05) is 19.7 Å². The lowest BCUT2D eigenvalue weighted by atomic mass is 10.0. The number of carboxylic acid groups (broad SMARTS) is 1. The Balaban J connectivity index is 2.03. The molecule has 1 heterocycles. The van der Waals surface area contributed by atoms with Crippen LogP contribution in [0.1, 0.15) is 24.5 Å². The quantitative estimate of drug-likeness (QED) is 0.882. The minimum Gasteiger partial charge on any atom is -0.479 e. The number of nitrogens with zero attached hydrogens (tertiary/aromatic N) is 1. The number of carbonyl (C=O) groups is 1. The van der Waals surface area contributed by atoms with Crippen molar-refractivity contribution in [3.8, 4) is 0 Å². The average molecular weight is 263 g/mol. The molecule has 1 aromatic rings. The maximum Gasteiger partial charge on any atom is 0.334 e. The minimum absolute atomic E-state index is 0.432. The van der Waals surface area contributed by atoms with Gasteiger partial charge in [-0.2, -0.15) is 0 Å². The summed E-state index contributed by atoms with van der Waals surface area (Å²) in [7, 11) is 0. The first-order valence-electron chi connectivity index (χ1n) is 6.84. The first-order chi connectivity index (χ1) is 9.20. The Hall–Kier alpha value is -1.39. The van der Waals surface area contributed by atoms with E-state index in [1.807, 2.05) is 13.0 Å². The van der Waals surface area contributed by atoms with E-state index in [-0.39, 0.29) is 0 Å². The summed E-state index contributed by atoms with van der Waals surface area (Å²) >= 11 is 0. The summed E-state index contributed by atoms with van der Waals surface area (Å²) in [5.41, 5.74) is 2.69. The van der Waals surface area contributed by atoms with Crippen LogP contribution in [0.4, 0.5) is 0 Å². The van der Waals surface area contributed by atoms with Crippen LogP contribution in [-0.2, 0) is 22.5 Å². The fourth-order valence-corrected chi connectivity index (χ4v) is 2.56. The van der Waals surface area contributed by atoms with Crippen molar-refractivity contribution in [1.29, 1.82) is 0 Å². The molecule has 1 aromatic carbocycles. The van der Waals surface area contributed by atoms with Crippen LogP contribution < -0.4 is 0 Å². The molecule has 19 heavy (non-hydrogen) atoms. The SMILES string of the molecule is CCOC(CN1CCCc2ccccc2C1)C(=O)O. The number of aryl methyl sites for hydroxylation is 1. The number of ether oxygens (including phenoxy) is 1. The van der Waals surface area contributed by atoms with Crippen LogP contribution in [0.25, 0.3) is 0 Å². The minimum atomic E-state index is -0.876. The molecular formula is C15H21NO3. The predicted octanol–water partition coefficient (Wildman–Crippen LogP) is 1.92. The van der Waals surface area contributed by atoms with Crippen LogP contribution in [0.5, 0.6) is 0 Å². The fourth-order valence-electron chi connectivity index (χ4n) is 2.56. The topological polar surface area (TPSA) is 49.8 Å². The molecule has 2 rings (SSSR count). The van der Waals surface area contributed by atoms with Crippen LogP contribution in [-0.4, -0.2) is 41.8 Å². The van der Waals surface area contributed by atoms with Crippen LogP contribution in [0.3, 0.4) is 0 Å². The van der Waals surface area contributed by atoms with E-state index < -0.39 is 12.1 Å². The standard InChI is InChI=1S/C15H21NO3/c1-2-19-14(15(17)18)11-16-9-5-8-12-6-3-4-7-13(12)10-16/h3-4,6-7,14H,2,5,8-11H2,1H3,(H,17,18). The zero-order valence-corrected chi connectivity index (χ0v) is 11.3. The number of benzene rings is 1. The van der Waals surface area contributed by atoms with Gasteiger partial charge in [-0.3, -0.25) is 4.90 Å². The van der Waals surface area contributed by atoms with E-state index in [2.05, 4.69) is 23.1 Å². The van der Waals surface area contributed by atoms with Gasteiger partial charge in [0.15, 0.2) is 6.10 Å². The van der Waals surface area contributed by atoms with Crippen molar-refractivity contribution in [2.45, 2.75) is 32.4 Å². The van der Waals surface area contributed by atoms with E-state index >= 15 is 0 Å². The maximum atomic E-state index is 11.1. The summed E-state index contributed by atoms with van der Waals surface area (Å²) in [5, 5.41) is 9.15. The molecule has 0 fully saturated rings. The lowest BCUT2D eigenvalue weighted by molar-refractivity contribution is -0.151. The Morgan fingerprint density at radius 3 is 2.84 bits per heavy atom. The molecule has 4 nitrogen and oxygen atoms in total. The zero-order chi connectivity index (χ0) is 13.7. The molecule has 0 amide bonds. The molecule has 0 aromatic heterocycles. The number of aliphatic carboxylic acids is 1. The van der Waals surface area contributed by atoms with Crippen molar-refractivity contribution >= 4 is 5.97 Å². The fraction of sp³-hybridized carbons (Fsp3) is 0.533. The normalized spacial score (nSPS) is 17.5. The molecule has 0 spiro atoms. The monoisotopic (exact) mass is 263 g/mol. The molecule has 1 unspecified atom stereocenters. The van der Waals surface area contributed by atoms with Gasteiger partial charge in [-0.05, 0) is 37.4 Å². The Kier molecular flexibility index (Phi) is 4.93. The number of carboxylic acids is 1. The molecule has 1 aliphatic rings. The smallest absolute Gasteiger partial charge is 0.334 e. The molecule has 0 radical (unpaired) electrons. The van der Waals surface area contributed by atoms with E-state index in [1.165, 1.54) is 11.1 Å². The van der Waals surface area contributed by atoms with Crippen LogP contribution >= 0.6 is 0 Å². The first kappa shape index (κ1) is 14.0. The van der Waals surface area contributed by atoms with Crippen LogP contribution in [0.2, 0.25) is 0 Å². The molecule has 104 valence electrons. The molecule has 0 saturated carbocycles. The molecular weight excluding hydrogens is 242 g/mol. The lowest BCUT2D eigenvalue weighted by Crippen LogP contribution is -2.38. The van der Waals surface area contributed by atoms with Gasteiger partial charge < -0.3 is 9.84 Å². The molecule has 0 saturated heterocycles. The average Bonchev–Trinajstić information content (AvgIpc) is 2.59. The number of rotatable bonds is 5. The van der Waals surface area contributed by atoms with E-state index in [1.54, 1.807) is 0 Å². The second kappa shape index (κ2) is 6.68. The molecule has 1 N–H and O–H groups in total. The summed E-state index contributed by atoms with van der Waals surface area (Å²) in [6.07, 6.45) is 1.41. The van der Waals surface area contributed by atoms with Gasteiger partial charge in [0.05, 0.1) is 0 Å². The van der Waals surface area contributed by atoms with Crippen LogP contribution in [0.15, 0.2) is 24.3 Å². The van der Waals surface area contributed by atoms with Crippen molar-refractivity contribution in [2.24, 2.45) is 0 Å². The highest BCUT2D eigenvalue weighted by Gasteiger charge is 2.23. The van der Waals surface area contributed by atoms with Gasteiger partial charge in [0, 0.05) is 19.7 Å². The first-order valence-corrected chi connectivity index (χ1v) is 6.84. The Bertz CT molecular complexity index is 433. The van der Waals surface area contributed by atoms with Gasteiger partial charge in [0.25, 0.3) is 0 Å². The molecule has 1 atom stereocenters. The van der Waals surface area contributed by atoms with Crippen molar-refractivity contribution < 1.29 is 14.6 Å². The third kappa shape index (κ3) is 3.78. The van der Waals surface area contributed by atoms with Crippen molar-refractivity contribution in [1.82, 2.24) is 4.90 Å². The summed E-state index contributed by atoms with van der Waals surface area (Å²) in [5.74, 6) is -0.876. The highest BCUT2D eigenvalue weighted by atomic mass is 16.5. The summed E-state index contributed by atoms with van der Waals surface area (Å²) in [4.78, 5) is 13.3. The second-order valence-corrected chi connectivity index (χ2v) is 4.89. The van der Waals surface area contributed by atoms with Crippen molar-refractivity contribution in [3.63, 3.8) is 0 Å². The second-order valence-electron chi connectivity index (χ2n) is 4.89. The summed E-state index contributed by atoms with van der Waals surface area (Å²) in [6, 6.07) is 8.40. The van der Waals surface area contributed by atoms with Crippen LogP contribution in [0, 0.1) is 0 Å². The predicted molar refractivity (Wildman–Crippen MR) is 73.1 cm³/mol. The molecule has 0 aliphatic carbocycles. The van der Waals surface area contributed by atoms with E-state index in [0.717, 1.165) is 25.9 Å².